The van der Waals surface area contributed by atoms with E-state index in [0.29, 0.717) is 5.41 Å². The van der Waals surface area contributed by atoms with Gasteiger partial charge < -0.3 is 5.32 Å². The molecule has 1 heterocycles. The first-order valence-corrected chi connectivity index (χ1v) is 7.10. The summed E-state index contributed by atoms with van der Waals surface area (Å²) in [4.78, 5) is 0. The summed E-state index contributed by atoms with van der Waals surface area (Å²) in [6.07, 6.45) is 4.59. The minimum atomic E-state index is 0.387. The lowest BCUT2D eigenvalue weighted by Crippen LogP contribution is -2.27. The highest BCUT2D eigenvalue weighted by Crippen LogP contribution is 2.36. The van der Waals surface area contributed by atoms with E-state index in [9.17, 15) is 0 Å². The van der Waals surface area contributed by atoms with Gasteiger partial charge in [-0.15, -0.1) is 5.10 Å². The Morgan fingerprint density at radius 3 is 2.78 bits per heavy atom. The van der Waals surface area contributed by atoms with Gasteiger partial charge in [0.1, 0.15) is 5.82 Å². The van der Waals surface area contributed by atoms with Crippen molar-refractivity contribution in [3.63, 3.8) is 0 Å². The number of hydrogen-bond acceptors (Lipinski definition) is 3. The third-order valence-corrected chi connectivity index (χ3v) is 3.94. The first-order chi connectivity index (χ1) is 8.50. The minimum absolute atomic E-state index is 0.387. The Morgan fingerprint density at radius 1 is 1.33 bits per heavy atom. The Hall–Kier alpha value is -1.12. The number of fused-ring (bicyclic) bond motifs is 1. The van der Waals surface area contributed by atoms with Gasteiger partial charge in [0.15, 0.2) is 0 Å². The lowest BCUT2D eigenvalue weighted by atomic mass is 9.72. The van der Waals surface area contributed by atoms with Crippen molar-refractivity contribution in [2.75, 3.05) is 11.9 Å². The number of hydrogen-bond donors (Lipinski definition) is 1. The van der Waals surface area contributed by atoms with E-state index in [-0.39, 0.29) is 0 Å². The number of nitrogens with zero attached hydrogens (tertiary/aromatic N) is 2. The third-order valence-electron chi connectivity index (χ3n) is 3.94. The molecule has 100 valence electrons. The standard InChI is InChI=1S/C15H25N3/c1-5-8-16-14-10-11-9-12(15(2,3)4)6-7-13(11)17-18-14/h10,12H,5-9H2,1-4H3,(H,16,18). The summed E-state index contributed by atoms with van der Waals surface area (Å²) in [5, 5.41) is 12.0. The highest BCUT2D eigenvalue weighted by molar-refractivity contribution is 5.39. The van der Waals surface area contributed by atoms with Crippen LogP contribution in [0.3, 0.4) is 0 Å². The van der Waals surface area contributed by atoms with Crippen molar-refractivity contribution in [3.8, 4) is 0 Å². The summed E-state index contributed by atoms with van der Waals surface area (Å²) in [5.74, 6) is 1.69. The molecule has 0 aliphatic heterocycles. The van der Waals surface area contributed by atoms with Gasteiger partial charge in [0.25, 0.3) is 0 Å². The van der Waals surface area contributed by atoms with Crippen LogP contribution in [-0.2, 0) is 12.8 Å². The monoisotopic (exact) mass is 247 g/mol. The fourth-order valence-electron chi connectivity index (χ4n) is 2.60. The van der Waals surface area contributed by atoms with E-state index < -0.39 is 0 Å². The minimum Gasteiger partial charge on any atom is -0.369 e. The van der Waals surface area contributed by atoms with Gasteiger partial charge in [0, 0.05) is 6.54 Å². The van der Waals surface area contributed by atoms with E-state index in [4.69, 9.17) is 0 Å². The van der Waals surface area contributed by atoms with Gasteiger partial charge in [-0.3, -0.25) is 0 Å². The van der Waals surface area contributed by atoms with Crippen LogP contribution in [0, 0.1) is 11.3 Å². The van der Waals surface area contributed by atoms with Crippen LogP contribution in [-0.4, -0.2) is 16.7 Å². The number of aromatic nitrogens is 2. The molecule has 2 rings (SSSR count). The zero-order chi connectivity index (χ0) is 13.2. The highest BCUT2D eigenvalue weighted by Gasteiger charge is 2.29. The molecule has 1 atom stereocenters. The van der Waals surface area contributed by atoms with E-state index in [0.717, 1.165) is 37.5 Å². The molecule has 0 spiro atoms. The lowest BCUT2D eigenvalue weighted by molar-refractivity contribution is 0.214. The first-order valence-electron chi connectivity index (χ1n) is 7.10. The molecular weight excluding hydrogens is 222 g/mol. The largest absolute Gasteiger partial charge is 0.369 e. The first kappa shape index (κ1) is 13.3. The van der Waals surface area contributed by atoms with Gasteiger partial charge in [-0.2, -0.15) is 5.10 Å². The Morgan fingerprint density at radius 2 is 2.11 bits per heavy atom. The van der Waals surface area contributed by atoms with Crippen molar-refractivity contribution in [2.45, 2.75) is 53.4 Å². The van der Waals surface area contributed by atoms with Crippen molar-refractivity contribution in [3.05, 3.63) is 17.3 Å². The highest BCUT2D eigenvalue weighted by atomic mass is 15.2. The molecule has 0 fully saturated rings. The summed E-state index contributed by atoms with van der Waals surface area (Å²) >= 11 is 0. The molecule has 1 aromatic heterocycles. The second kappa shape index (κ2) is 5.25. The molecule has 0 saturated carbocycles. The lowest BCUT2D eigenvalue weighted by Gasteiger charge is -2.34. The van der Waals surface area contributed by atoms with Crippen LogP contribution in [0.4, 0.5) is 5.82 Å². The molecule has 3 nitrogen and oxygen atoms in total. The van der Waals surface area contributed by atoms with Gasteiger partial charge >= 0.3 is 0 Å². The Labute approximate surface area is 110 Å². The van der Waals surface area contributed by atoms with E-state index in [1.807, 2.05) is 0 Å². The molecule has 0 bridgehead atoms. The topological polar surface area (TPSA) is 37.8 Å². The molecule has 18 heavy (non-hydrogen) atoms. The van der Waals surface area contributed by atoms with E-state index >= 15 is 0 Å². The van der Waals surface area contributed by atoms with Crippen LogP contribution in [0.15, 0.2) is 6.07 Å². The van der Waals surface area contributed by atoms with Gasteiger partial charge in [-0.1, -0.05) is 27.7 Å². The van der Waals surface area contributed by atoms with Crippen molar-refractivity contribution in [2.24, 2.45) is 11.3 Å². The van der Waals surface area contributed by atoms with Crippen LogP contribution in [0.25, 0.3) is 0 Å². The van der Waals surface area contributed by atoms with Crippen LogP contribution in [0.5, 0.6) is 0 Å². The Balaban J connectivity index is 2.14. The number of anilines is 1. The summed E-state index contributed by atoms with van der Waals surface area (Å²) in [6, 6.07) is 2.20. The summed E-state index contributed by atoms with van der Waals surface area (Å²) in [5.41, 5.74) is 2.99. The van der Waals surface area contributed by atoms with Gasteiger partial charge in [0.05, 0.1) is 5.69 Å². The van der Waals surface area contributed by atoms with Crippen LogP contribution in [0.2, 0.25) is 0 Å². The average molecular weight is 247 g/mol. The Kier molecular flexibility index (Phi) is 3.88. The van der Waals surface area contributed by atoms with E-state index in [2.05, 4.69) is 49.3 Å². The van der Waals surface area contributed by atoms with E-state index in [1.54, 1.807) is 0 Å². The summed E-state index contributed by atoms with van der Waals surface area (Å²) in [7, 11) is 0. The van der Waals surface area contributed by atoms with Crippen LogP contribution < -0.4 is 5.32 Å². The molecule has 0 radical (unpaired) electrons. The summed E-state index contributed by atoms with van der Waals surface area (Å²) < 4.78 is 0. The fraction of sp³-hybridized carbons (Fsp3) is 0.733. The maximum absolute atomic E-state index is 4.38. The normalized spacial score (nSPS) is 19.4. The smallest absolute Gasteiger partial charge is 0.148 e. The molecule has 1 unspecified atom stereocenters. The van der Waals surface area contributed by atoms with Crippen molar-refractivity contribution in [1.82, 2.24) is 10.2 Å². The third kappa shape index (κ3) is 3.01. The molecule has 0 saturated heterocycles. The molecule has 1 aromatic rings. The molecule has 3 heteroatoms. The molecule has 0 aromatic carbocycles. The fourth-order valence-corrected chi connectivity index (χ4v) is 2.60. The van der Waals surface area contributed by atoms with Gasteiger partial charge in [-0.25, -0.2) is 0 Å². The predicted molar refractivity (Wildman–Crippen MR) is 75.8 cm³/mol. The average Bonchev–Trinajstić information content (AvgIpc) is 2.34. The summed E-state index contributed by atoms with van der Waals surface area (Å²) in [6.45, 7) is 10.2. The zero-order valence-corrected chi connectivity index (χ0v) is 12.1. The number of nitrogens with one attached hydrogen (secondary N) is 1. The maximum Gasteiger partial charge on any atom is 0.148 e. The molecular formula is C15H25N3. The van der Waals surface area contributed by atoms with Crippen molar-refractivity contribution >= 4 is 5.82 Å². The molecule has 1 aliphatic carbocycles. The van der Waals surface area contributed by atoms with E-state index in [1.165, 1.54) is 17.7 Å². The SMILES string of the molecule is CCCNc1cc2c(nn1)CCC(C(C)(C)C)C2. The maximum atomic E-state index is 4.38. The Bertz CT molecular complexity index is 407. The van der Waals surface area contributed by atoms with Gasteiger partial charge in [0.2, 0.25) is 0 Å². The zero-order valence-electron chi connectivity index (χ0n) is 12.1. The molecule has 1 N–H and O–H groups in total. The number of aryl methyl sites for hydroxylation is 1. The van der Waals surface area contributed by atoms with Crippen molar-refractivity contribution < 1.29 is 0 Å². The van der Waals surface area contributed by atoms with Crippen LogP contribution >= 0.6 is 0 Å². The molecule has 0 amide bonds. The quantitative estimate of drug-likeness (QED) is 0.889. The van der Waals surface area contributed by atoms with Crippen molar-refractivity contribution in [1.29, 1.82) is 0 Å². The van der Waals surface area contributed by atoms with Gasteiger partial charge in [-0.05, 0) is 48.6 Å². The number of rotatable bonds is 3. The second-order valence-corrected chi connectivity index (χ2v) is 6.43. The van der Waals surface area contributed by atoms with Crippen LogP contribution in [0.1, 0.15) is 51.8 Å². The second-order valence-electron chi connectivity index (χ2n) is 6.43. The molecule has 1 aliphatic rings. The predicted octanol–water partition coefficient (Wildman–Crippen LogP) is 3.45.